The molecule has 1 saturated heterocycles. The number of hydrogen-bond donors (Lipinski definition) is 1. The number of fused-ring (bicyclic) bond motifs is 1. The first-order valence-corrected chi connectivity index (χ1v) is 5.86. The second-order valence-electron chi connectivity index (χ2n) is 4.99. The molecule has 16 heavy (non-hydrogen) atoms. The van der Waals surface area contributed by atoms with Gasteiger partial charge >= 0.3 is 0 Å². The van der Waals surface area contributed by atoms with Crippen molar-refractivity contribution in [2.75, 3.05) is 6.61 Å². The van der Waals surface area contributed by atoms with Crippen LogP contribution in [0, 0.1) is 5.92 Å². The van der Waals surface area contributed by atoms with Gasteiger partial charge in [-0.3, -0.25) is 4.79 Å². The van der Waals surface area contributed by atoms with Gasteiger partial charge in [0.15, 0.2) is 0 Å². The largest absolute Gasteiger partial charge is 0.368 e. The Labute approximate surface area is 93.8 Å². The standard InChI is InChI=1S/C13H13NO2/c15-12-9-3-1-2-4-10(9)13-7-8(5-6-16-13)11(13)14-12/h1-4,8,11H,5-7H2,(H,14,15)/t8-,11+,13-/m1/s1. The molecule has 0 radical (unpaired) electrons. The lowest BCUT2D eigenvalue weighted by molar-refractivity contribution is -0.210. The number of carbonyl (C=O) groups excluding carboxylic acids is 1. The van der Waals surface area contributed by atoms with Crippen LogP contribution in [-0.2, 0) is 10.3 Å². The number of nitrogens with one attached hydrogen (secondary N) is 1. The molecule has 82 valence electrons. The van der Waals surface area contributed by atoms with Crippen LogP contribution in [0.5, 0.6) is 0 Å². The summed E-state index contributed by atoms with van der Waals surface area (Å²) in [6.07, 6.45) is 2.14. The van der Waals surface area contributed by atoms with Gasteiger partial charge in [0, 0.05) is 12.2 Å². The van der Waals surface area contributed by atoms with Crippen molar-refractivity contribution < 1.29 is 9.53 Å². The molecule has 2 bridgehead atoms. The lowest BCUT2D eigenvalue weighted by atomic mass is 9.57. The van der Waals surface area contributed by atoms with Gasteiger partial charge in [0.1, 0.15) is 5.60 Å². The average Bonchev–Trinajstić information content (AvgIpc) is 2.35. The summed E-state index contributed by atoms with van der Waals surface area (Å²) in [7, 11) is 0. The first-order chi connectivity index (χ1) is 7.81. The smallest absolute Gasteiger partial charge is 0.252 e. The molecule has 1 amide bonds. The zero-order valence-electron chi connectivity index (χ0n) is 8.90. The molecule has 2 fully saturated rings. The van der Waals surface area contributed by atoms with E-state index in [-0.39, 0.29) is 17.6 Å². The number of amides is 1. The number of ether oxygens (including phenoxy) is 1. The van der Waals surface area contributed by atoms with Crippen LogP contribution in [0.25, 0.3) is 0 Å². The summed E-state index contributed by atoms with van der Waals surface area (Å²) < 4.78 is 6.00. The van der Waals surface area contributed by atoms with Crippen LogP contribution in [0.2, 0.25) is 0 Å². The molecule has 2 heterocycles. The predicted octanol–water partition coefficient (Wildman–Crippen LogP) is 1.43. The molecular weight excluding hydrogens is 202 g/mol. The van der Waals surface area contributed by atoms with Crippen molar-refractivity contribution in [3.8, 4) is 0 Å². The van der Waals surface area contributed by atoms with E-state index in [1.54, 1.807) is 0 Å². The summed E-state index contributed by atoms with van der Waals surface area (Å²) >= 11 is 0. The molecule has 4 rings (SSSR count). The van der Waals surface area contributed by atoms with Gasteiger partial charge in [0.25, 0.3) is 5.91 Å². The maximum absolute atomic E-state index is 11.9. The van der Waals surface area contributed by atoms with Gasteiger partial charge in [0.2, 0.25) is 0 Å². The molecule has 3 aliphatic rings. The van der Waals surface area contributed by atoms with Crippen LogP contribution < -0.4 is 5.32 Å². The summed E-state index contributed by atoms with van der Waals surface area (Å²) in [5.74, 6) is 0.678. The topological polar surface area (TPSA) is 38.3 Å². The second kappa shape index (κ2) is 2.66. The third-order valence-electron chi connectivity index (χ3n) is 4.30. The molecule has 3 heteroatoms. The molecule has 0 spiro atoms. The Morgan fingerprint density at radius 3 is 3.12 bits per heavy atom. The summed E-state index contributed by atoms with van der Waals surface area (Å²) in [5.41, 5.74) is 1.69. The minimum Gasteiger partial charge on any atom is -0.368 e. The van der Waals surface area contributed by atoms with E-state index in [1.807, 2.05) is 24.3 Å². The van der Waals surface area contributed by atoms with Gasteiger partial charge in [-0.2, -0.15) is 0 Å². The van der Waals surface area contributed by atoms with Gasteiger partial charge in [-0.25, -0.2) is 0 Å². The van der Waals surface area contributed by atoms with Crippen LogP contribution in [0.3, 0.4) is 0 Å². The Hall–Kier alpha value is -1.35. The van der Waals surface area contributed by atoms with Crippen LogP contribution in [0.4, 0.5) is 0 Å². The molecule has 1 N–H and O–H groups in total. The Balaban J connectivity index is 1.93. The lowest BCUT2D eigenvalue weighted by Gasteiger charge is -2.60. The summed E-state index contributed by atoms with van der Waals surface area (Å²) in [6.45, 7) is 0.825. The molecule has 3 atom stereocenters. The van der Waals surface area contributed by atoms with Crippen molar-refractivity contribution in [1.82, 2.24) is 5.32 Å². The quantitative estimate of drug-likeness (QED) is 0.711. The Kier molecular flexibility index (Phi) is 1.46. The van der Waals surface area contributed by atoms with Crippen molar-refractivity contribution in [1.29, 1.82) is 0 Å². The fraction of sp³-hybridized carbons (Fsp3) is 0.462. The van der Waals surface area contributed by atoms with Gasteiger partial charge in [0.05, 0.1) is 6.04 Å². The SMILES string of the molecule is O=C1N[C@H]2[C@@H]3CCO[C@]2(C3)c2ccccc21. The summed E-state index contributed by atoms with van der Waals surface area (Å²) in [5, 5.41) is 3.10. The van der Waals surface area contributed by atoms with E-state index < -0.39 is 0 Å². The van der Waals surface area contributed by atoms with Gasteiger partial charge in [-0.15, -0.1) is 0 Å². The van der Waals surface area contributed by atoms with Crippen molar-refractivity contribution in [2.24, 2.45) is 5.92 Å². The second-order valence-corrected chi connectivity index (χ2v) is 4.99. The molecule has 1 aromatic carbocycles. The molecule has 2 aliphatic heterocycles. The fourth-order valence-electron chi connectivity index (χ4n) is 3.52. The highest BCUT2D eigenvalue weighted by atomic mass is 16.5. The van der Waals surface area contributed by atoms with Crippen molar-refractivity contribution in [3.05, 3.63) is 35.4 Å². The van der Waals surface area contributed by atoms with E-state index >= 15 is 0 Å². The van der Waals surface area contributed by atoms with Gasteiger partial charge in [-0.1, -0.05) is 18.2 Å². The molecular formula is C13H13NO2. The van der Waals surface area contributed by atoms with E-state index in [9.17, 15) is 4.79 Å². The van der Waals surface area contributed by atoms with E-state index in [2.05, 4.69) is 5.32 Å². The lowest BCUT2D eigenvalue weighted by Crippen LogP contribution is -2.70. The molecule has 1 aliphatic carbocycles. The van der Waals surface area contributed by atoms with Crippen molar-refractivity contribution in [3.63, 3.8) is 0 Å². The molecule has 3 nitrogen and oxygen atoms in total. The molecule has 1 aromatic rings. The number of hydrogen-bond acceptors (Lipinski definition) is 2. The Morgan fingerprint density at radius 2 is 2.25 bits per heavy atom. The Bertz CT molecular complexity index is 481. The third-order valence-corrected chi connectivity index (χ3v) is 4.30. The maximum Gasteiger partial charge on any atom is 0.252 e. The zero-order valence-corrected chi connectivity index (χ0v) is 8.90. The average molecular weight is 215 g/mol. The number of carbonyl (C=O) groups is 1. The van der Waals surface area contributed by atoms with E-state index in [1.165, 1.54) is 0 Å². The first kappa shape index (κ1) is 8.76. The zero-order chi connectivity index (χ0) is 10.8. The van der Waals surface area contributed by atoms with E-state index in [0.717, 1.165) is 30.6 Å². The minimum absolute atomic E-state index is 0.0615. The highest BCUT2D eigenvalue weighted by Gasteiger charge is 2.62. The van der Waals surface area contributed by atoms with Gasteiger partial charge in [-0.05, 0) is 30.4 Å². The van der Waals surface area contributed by atoms with Crippen molar-refractivity contribution in [2.45, 2.75) is 24.5 Å². The highest BCUT2D eigenvalue weighted by Crippen LogP contribution is 2.56. The molecule has 0 aromatic heterocycles. The predicted molar refractivity (Wildman–Crippen MR) is 58.1 cm³/mol. The summed E-state index contributed by atoms with van der Waals surface area (Å²) in [4.78, 5) is 11.9. The normalized spacial score (nSPS) is 39.1. The van der Waals surface area contributed by atoms with E-state index in [0.29, 0.717) is 5.92 Å². The minimum atomic E-state index is -0.201. The first-order valence-electron chi connectivity index (χ1n) is 5.86. The molecule has 0 unspecified atom stereocenters. The summed E-state index contributed by atoms with van der Waals surface area (Å²) in [6, 6.07) is 8.05. The number of benzene rings is 1. The molecule has 1 saturated carbocycles. The van der Waals surface area contributed by atoms with Crippen LogP contribution in [0.1, 0.15) is 28.8 Å². The fourth-order valence-corrected chi connectivity index (χ4v) is 3.52. The van der Waals surface area contributed by atoms with Crippen LogP contribution >= 0.6 is 0 Å². The number of rotatable bonds is 0. The van der Waals surface area contributed by atoms with E-state index in [4.69, 9.17) is 4.74 Å². The Morgan fingerprint density at radius 1 is 1.38 bits per heavy atom. The van der Waals surface area contributed by atoms with Gasteiger partial charge < -0.3 is 10.1 Å². The van der Waals surface area contributed by atoms with Crippen LogP contribution in [-0.4, -0.2) is 18.6 Å². The maximum atomic E-state index is 11.9. The third kappa shape index (κ3) is 0.824. The van der Waals surface area contributed by atoms with Crippen molar-refractivity contribution >= 4 is 5.91 Å². The monoisotopic (exact) mass is 215 g/mol. The highest BCUT2D eigenvalue weighted by molar-refractivity contribution is 5.98. The van der Waals surface area contributed by atoms with Crippen LogP contribution in [0.15, 0.2) is 24.3 Å².